The lowest BCUT2D eigenvalue weighted by molar-refractivity contribution is -0.129. The largest absolute Gasteiger partial charge is 0.399 e. The van der Waals surface area contributed by atoms with Crippen LogP contribution in [-0.2, 0) is 4.84 Å². The maximum Gasteiger partial charge on any atom is 0.139 e. The average molecular weight is 354 g/mol. The molecule has 4 saturated carbocycles. The van der Waals surface area contributed by atoms with Crippen molar-refractivity contribution in [2.75, 3.05) is 12.4 Å². The zero-order chi connectivity index (χ0) is 17.9. The molecule has 6 rings (SSSR count). The summed E-state index contributed by atoms with van der Waals surface area (Å²) in [6.07, 6.45) is 9.13. The Hall–Kier alpha value is -2.08. The topological polar surface area (TPSA) is 82.5 Å². The second kappa shape index (κ2) is 5.71. The van der Waals surface area contributed by atoms with Gasteiger partial charge in [-0.2, -0.15) is 0 Å². The first-order valence-electron chi connectivity index (χ1n) is 9.59. The minimum atomic E-state index is -0.410. The number of aromatic amines is 1. The van der Waals surface area contributed by atoms with Crippen LogP contribution in [0.5, 0.6) is 0 Å². The van der Waals surface area contributed by atoms with Crippen LogP contribution in [-0.4, -0.2) is 39.5 Å². The van der Waals surface area contributed by atoms with Crippen molar-refractivity contribution >= 4 is 22.4 Å². The number of aliphatic hydroxyl groups is 1. The van der Waals surface area contributed by atoms with Crippen LogP contribution in [0.3, 0.4) is 0 Å². The van der Waals surface area contributed by atoms with Crippen molar-refractivity contribution in [3.05, 3.63) is 24.0 Å². The number of H-pyrrole nitrogens is 1. The van der Waals surface area contributed by atoms with Crippen molar-refractivity contribution in [2.45, 2.75) is 50.7 Å². The van der Waals surface area contributed by atoms with Crippen LogP contribution in [0, 0.1) is 17.8 Å². The predicted octanol–water partition coefficient (Wildman–Crippen LogP) is 3.28. The van der Waals surface area contributed by atoms with E-state index in [0.717, 1.165) is 47.3 Å². The smallest absolute Gasteiger partial charge is 0.139 e. The average Bonchev–Trinajstić information content (AvgIpc) is 3.05. The van der Waals surface area contributed by atoms with Gasteiger partial charge in [0.1, 0.15) is 12.8 Å². The van der Waals surface area contributed by atoms with Gasteiger partial charge in [0, 0.05) is 29.4 Å². The number of hydrogen-bond acceptors (Lipinski definition) is 5. The molecule has 0 amide bonds. The van der Waals surface area contributed by atoms with Crippen LogP contribution in [0.25, 0.3) is 11.0 Å². The van der Waals surface area contributed by atoms with E-state index in [-0.39, 0.29) is 0 Å². The molecule has 2 atom stereocenters. The normalized spacial score (nSPS) is 35.9. The molecule has 0 aliphatic heterocycles. The van der Waals surface area contributed by atoms with Crippen molar-refractivity contribution in [3.63, 3.8) is 0 Å². The Labute approximate surface area is 153 Å². The van der Waals surface area contributed by atoms with Crippen LogP contribution in [0.1, 0.15) is 44.6 Å². The molecule has 6 nitrogen and oxygen atoms in total. The molecule has 0 spiro atoms. The lowest BCUT2D eigenvalue weighted by atomic mass is 9.52. The molecule has 6 heteroatoms. The Bertz CT molecular complexity index is 858. The number of oxime groups is 1. The SMILES string of the molecule is CON=C(C)c1cnc2[nH]ccc2c1NC1C2CC3CC1CC(O)(C3)C2. The highest BCUT2D eigenvalue weighted by atomic mass is 16.6. The number of aromatic nitrogens is 2. The molecule has 0 radical (unpaired) electrons. The summed E-state index contributed by atoms with van der Waals surface area (Å²) in [4.78, 5) is 12.7. The van der Waals surface area contributed by atoms with Gasteiger partial charge in [-0.15, -0.1) is 0 Å². The zero-order valence-electron chi connectivity index (χ0n) is 15.3. The van der Waals surface area contributed by atoms with E-state index in [9.17, 15) is 5.11 Å². The van der Waals surface area contributed by atoms with Gasteiger partial charge in [-0.3, -0.25) is 0 Å². The van der Waals surface area contributed by atoms with Gasteiger partial charge in [0.05, 0.1) is 17.0 Å². The first-order valence-corrected chi connectivity index (χ1v) is 9.59. The Morgan fingerprint density at radius 2 is 2.12 bits per heavy atom. The van der Waals surface area contributed by atoms with E-state index >= 15 is 0 Å². The first-order chi connectivity index (χ1) is 12.6. The monoisotopic (exact) mass is 354 g/mol. The summed E-state index contributed by atoms with van der Waals surface area (Å²) in [5.74, 6) is 1.79. The van der Waals surface area contributed by atoms with Gasteiger partial charge in [0.2, 0.25) is 0 Å². The number of rotatable bonds is 4. The third-order valence-electron chi connectivity index (χ3n) is 6.76. The molecule has 2 heterocycles. The van der Waals surface area contributed by atoms with E-state index in [1.54, 1.807) is 7.11 Å². The van der Waals surface area contributed by atoms with Gasteiger partial charge in [0.15, 0.2) is 0 Å². The Balaban J connectivity index is 1.54. The van der Waals surface area contributed by atoms with E-state index < -0.39 is 5.60 Å². The van der Waals surface area contributed by atoms with Gasteiger partial charge in [-0.25, -0.2) is 4.98 Å². The van der Waals surface area contributed by atoms with E-state index in [0.29, 0.717) is 23.8 Å². The molecule has 2 unspecified atom stereocenters. The Kier molecular flexibility index (Phi) is 3.54. The molecule has 4 bridgehead atoms. The van der Waals surface area contributed by atoms with Crippen molar-refractivity contribution in [3.8, 4) is 0 Å². The number of anilines is 1. The Morgan fingerprint density at radius 3 is 2.81 bits per heavy atom. The first kappa shape index (κ1) is 16.1. The number of nitrogens with zero attached hydrogens (tertiary/aromatic N) is 2. The van der Waals surface area contributed by atoms with Gasteiger partial charge >= 0.3 is 0 Å². The fourth-order valence-corrected chi connectivity index (χ4v) is 6.01. The lowest BCUT2D eigenvalue weighted by Gasteiger charge is -2.58. The van der Waals surface area contributed by atoms with Gasteiger partial charge in [0.25, 0.3) is 0 Å². The molecule has 3 N–H and O–H groups in total. The van der Waals surface area contributed by atoms with Crippen molar-refractivity contribution in [2.24, 2.45) is 22.9 Å². The molecular formula is C20H26N4O2. The number of nitrogens with one attached hydrogen (secondary N) is 2. The minimum Gasteiger partial charge on any atom is -0.399 e. The number of pyridine rings is 1. The van der Waals surface area contributed by atoms with Crippen LogP contribution in [0.15, 0.2) is 23.6 Å². The molecule has 2 aromatic rings. The van der Waals surface area contributed by atoms with Crippen molar-refractivity contribution < 1.29 is 9.94 Å². The second-order valence-corrected chi connectivity index (χ2v) is 8.51. The van der Waals surface area contributed by atoms with E-state index in [1.807, 2.05) is 19.3 Å². The summed E-state index contributed by atoms with van der Waals surface area (Å²) in [5, 5.41) is 19.9. The quantitative estimate of drug-likeness (QED) is 0.581. The van der Waals surface area contributed by atoms with Gasteiger partial charge in [-0.1, -0.05) is 5.16 Å². The molecule has 138 valence electrons. The summed E-state index contributed by atoms with van der Waals surface area (Å²) < 4.78 is 0. The van der Waals surface area contributed by atoms with E-state index in [2.05, 4.69) is 26.5 Å². The molecule has 2 aromatic heterocycles. The molecule has 4 aliphatic rings. The van der Waals surface area contributed by atoms with Gasteiger partial charge in [-0.05, 0) is 62.8 Å². The van der Waals surface area contributed by atoms with Crippen molar-refractivity contribution in [1.29, 1.82) is 0 Å². The van der Waals surface area contributed by atoms with Crippen molar-refractivity contribution in [1.82, 2.24) is 9.97 Å². The predicted molar refractivity (Wildman–Crippen MR) is 101 cm³/mol. The van der Waals surface area contributed by atoms with E-state index in [4.69, 9.17) is 4.84 Å². The third kappa shape index (κ3) is 2.42. The van der Waals surface area contributed by atoms with E-state index in [1.165, 1.54) is 12.8 Å². The zero-order valence-corrected chi connectivity index (χ0v) is 15.3. The maximum atomic E-state index is 10.9. The number of hydrogen-bond donors (Lipinski definition) is 3. The van der Waals surface area contributed by atoms with Gasteiger partial charge < -0.3 is 20.2 Å². The van der Waals surface area contributed by atoms with Crippen LogP contribution >= 0.6 is 0 Å². The molecule has 26 heavy (non-hydrogen) atoms. The number of fused-ring (bicyclic) bond motifs is 1. The molecular weight excluding hydrogens is 328 g/mol. The highest BCUT2D eigenvalue weighted by molar-refractivity contribution is 6.08. The Morgan fingerprint density at radius 1 is 1.35 bits per heavy atom. The summed E-state index contributed by atoms with van der Waals surface area (Å²) >= 11 is 0. The summed E-state index contributed by atoms with van der Waals surface area (Å²) in [7, 11) is 1.57. The minimum absolute atomic E-state index is 0.404. The van der Waals surface area contributed by atoms with Crippen LogP contribution in [0.4, 0.5) is 5.69 Å². The van der Waals surface area contributed by atoms with Crippen LogP contribution < -0.4 is 5.32 Å². The molecule has 4 fully saturated rings. The fraction of sp³-hybridized carbons (Fsp3) is 0.600. The molecule has 0 aromatic carbocycles. The lowest BCUT2D eigenvalue weighted by Crippen LogP contribution is -2.59. The third-order valence-corrected chi connectivity index (χ3v) is 6.76. The highest BCUT2D eigenvalue weighted by Gasteiger charge is 2.54. The summed E-state index contributed by atoms with van der Waals surface area (Å²) in [6, 6.07) is 2.47. The molecule has 4 aliphatic carbocycles. The second-order valence-electron chi connectivity index (χ2n) is 8.51. The van der Waals surface area contributed by atoms with Crippen LogP contribution in [0.2, 0.25) is 0 Å². The maximum absolute atomic E-state index is 10.9. The standard InChI is InChI=1S/C20H26N4O2/c1-11(24-26-2)16-10-22-19-15(3-4-21-19)18(16)23-17-13-5-12-6-14(17)9-20(25,7-12)8-13/h3-4,10,12-14,17,25H,5-9H2,1-2H3,(H2,21,22,23). The highest BCUT2D eigenvalue weighted by Crippen LogP contribution is 2.56. The summed E-state index contributed by atoms with van der Waals surface area (Å²) in [5.41, 5.74) is 3.34. The molecule has 0 saturated heterocycles. The fourth-order valence-electron chi connectivity index (χ4n) is 6.01. The summed E-state index contributed by atoms with van der Waals surface area (Å²) in [6.45, 7) is 1.95.